The molecule has 1 aromatic heterocycles. The van der Waals surface area contributed by atoms with Gasteiger partial charge in [-0.05, 0) is 18.9 Å². The molecule has 3 heteroatoms. The van der Waals surface area contributed by atoms with Crippen molar-refractivity contribution in [2.45, 2.75) is 39.8 Å². The minimum atomic E-state index is 0.478. The van der Waals surface area contributed by atoms with Crippen molar-refractivity contribution in [3.8, 4) is 11.4 Å². The largest absolute Gasteiger partial charge is 0.329 e. The van der Waals surface area contributed by atoms with Crippen molar-refractivity contribution in [2.75, 3.05) is 6.54 Å². The zero-order valence-electron chi connectivity index (χ0n) is 12.7. The first-order valence-electron chi connectivity index (χ1n) is 7.52. The van der Waals surface area contributed by atoms with Crippen LogP contribution in [0.4, 0.5) is 0 Å². The standard InChI is InChI=1S/C17H25N3/c1-4-10-18-16(14(2)3)13-20-12-11-19-17(20)15-8-6-5-7-9-15/h5-9,11-12,14,16,18H,4,10,13H2,1-3H3. The summed E-state index contributed by atoms with van der Waals surface area (Å²) in [6.07, 6.45) is 5.13. The second-order valence-electron chi connectivity index (χ2n) is 5.57. The number of nitrogens with one attached hydrogen (secondary N) is 1. The molecule has 1 aromatic carbocycles. The SMILES string of the molecule is CCCNC(Cn1ccnc1-c1ccccc1)C(C)C. The lowest BCUT2D eigenvalue weighted by molar-refractivity contribution is 0.357. The summed E-state index contributed by atoms with van der Waals surface area (Å²) in [5.74, 6) is 1.65. The lowest BCUT2D eigenvalue weighted by Crippen LogP contribution is -2.38. The fourth-order valence-corrected chi connectivity index (χ4v) is 2.36. The van der Waals surface area contributed by atoms with E-state index in [0.717, 1.165) is 18.9 Å². The van der Waals surface area contributed by atoms with E-state index in [0.29, 0.717) is 12.0 Å². The molecule has 20 heavy (non-hydrogen) atoms. The molecule has 2 rings (SSSR count). The van der Waals surface area contributed by atoms with E-state index in [1.807, 2.05) is 12.3 Å². The first-order valence-corrected chi connectivity index (χ1v) is 7.52. The van der Waals surface area contributed by atoms with E-state index < -0.39 is 0 Å². The highest BCUT2D eigenvalue weighted by molar-refractivity contribution is 5.55. The van der Waals surface area contributed by atoms with Gasteiger partial charge in [-0.15, -0.1) is 0 Å². The van der Waals surface area contributed by atoms with Crippen molar-refractivity contribution < 1.29 is 0 Å². The summed E-state index contributed by atoms with van der Waals surface area (Å²) in [5.41, 5.74) is 1.18. The lowest BCUT2D eigenvalue weighted by atomic mass is 10.0. The van der Waals surface area contributed by atoms with E-state index in [9.17, 15) is 0 Å². The molecule has 1 N–H and O–H groups in total. The quantitative estimate of drug-likeness (QED) is 0.834. The number of aromatic nitrogens is 2. The highest BCUT2D eigenvalue weighted by atomic mass is 15.1. The Morgan fingerprint density at radius 2 is 1.95 bits per heavy atom. The van der Waals surface area contributed by atoms with Crippen LogP contribution in [0.25, 0.3) is 11.4 Å². The van der Waals surface area contributed by atoms with E-state index in [1.54, 1.807) is 0 Å². The fourth-order valence-electron chi connectivity index (χ4n) is 2.36. The first-order chi connectivity index (χ1) is 9.72. The molecule has 0 aliphatic rings. The average molecular weight is 271 g/mol. The van der Waals surface area contributed by atoms with Gasteiger partial charge in [0.1, 0.15) is 5.82 Å². The third-order valence-corrected chi connectivity index (χ3v) is 3.60. The zero-order valence-corrected chi connectivity index (χ0v) is 12.7. The Morgan fingerprint density at radius 3 is 2.60 bits per heavy atom. The van der Waals surface area contributed by atoms with Crippen LogP contribution in [0.2, 0.25) is 0 Å². The van der Waals surface area contributed by atoms with Gasteiger partial charge in [0.25, 0.3) is 0 Å². The maximum absolute atomic E-state index is 4.51. The zero-order chi connectivity index (χ0) is 14.4. The molecule has 0 aliphatic heterocycles. The highest BCUT2D eigenvalue weighted by Gasteiger charge is 2.15. The Kier molecular flexibility index (Phi) is 5.36. The Labute approximate surface area is 122 Å². The molecule has 3 nitrogen and oxygen atoms in total. The predicted molar refractivity (Wildman–Crippen MR) is 84.6 cm³/mol. The third kappa shape index (κ3) is 3.70. The molecule has 0 spiro atoms. The normalized spacial score (nSPS) is 12.8. The van der Waals surface area contributed by atoms with Crippen molar-refractivity contribution in [3.63, 3.8) is 0 Å². The van der Waals surface area contributed by atoms with Crippen LogP contribution >= 0.6 is 0 Å². The Bertz CT molecular complexity index is 502. The summed E-state index contributed by atoms with van der Waals surface area (Å²) in [6, 6.07) is 10.9. The van der Waals surface area contributed by atoms with Crippen molar-refractivity contribution in [3.05, 3.63) is 42.7 Å². The van der Waals surface area contributed by atoms with E-state index >= 15 is 0 Å². The third-order valence-electron chi connectivity index (χ3n) is 3.60. The van der Waals surface area contributed by atoms with Crippen LogP contribution in [-0.2, 0) is 6.54 Å². The van der Waals surface area contributed by atoms with Gasteiger partial charge < -0.3 is 9.88 Å². The van der Waals surface area contributed by atoms with Gasteiger partial charge in [0.15, 0.2) is 0 Å². The fraction of sp³-hybridized carbons (Fsp3) is 0.471. The highest BCUT2D eigenvalue weighted by Crippen LogP contribution is 2.18. The van der Waals surface area contributed by atoms with Crippen LogP contribution < -0.4 is 5.32 Å². The molecular weight excluding hydrogens is 246 g/mol. The van der Waals surface area contributed by atoms with E-state index in [1.165, 1.54) is 12.0 Å². The van der Waals surface area contributed by atoms with Crippen LogP contribution in [-0.4, -0.2) is 22.1 Å². The number of benzene rings is 1. The summed E-state index contributed by atoms with van der Waals surface area (Å²) in [5, 5.41) is 3.64. The van der Waals surface area contributed by atoms with Crippen molar-refractivity contribution in [1.29, 1.82) is 0 Å². The topological polar surface area (TPSA) is 29.9 Å². The minimum Gasteiger partial charge on any atom is -0.329 e. The lowest BCUT2D eigenvalue weighted by Gasteiger charge is -2.23. The van der Waals surface area contributed by atoms with Gasteiger partial charge >= 0.3 is 0 Å². The summed E-state index contributed by atoms with van der Waals surface area (Å²) in [6.45, 7) is 8.77. The molecule has 108 valence electrons. The molecule has 1 unspecified atom stereocenters. The molecule has 1 atom stereocenters. The number of hydrogen-bond donors (Lipinski definition) is 1. The number of rotatable bonds is 7. The molecule has 0 fully saturated rings. The van der Waals surface area contributed by atoms with Gasteiger partial charge in [0, 0.05) is 30.5 Å². The Hall–Kier alpha value is -1.61. The second kappa shape index (κ2) is 7.25. The van der Waals surface area contributed by atoms with Crippen molar-refractivity contribution in [1.82, 2.24) is 14.9 Å². The van der Waals surface area contributed by atoms with Crippen molar-refractivity contribution in [2.24, 2.45) is 5.92 Å². The second-order valence-corrected chi connectivity index (χ2v) is 5.57. The molecule has 0 saturated heterocycles. The summed E-state index contributed by atoms with van der Waals surface area (Å²) in [7, 11) is 0. The summed E-state index contributed by atoms with van der Waals surface area (Å²) < 4.78 is 2.25. The Morgan fingerprint density at radius 1 is 1.20 bits per heavy atom. The molecule has 1 heterocycles. The maximum Gasteiger partial charge on any atom is 0.139 e. The van der Waals surface area contributed by atoms with Gasteiger partial charge in [-0.1, -0.05) is 51.1 Å². The molecule has 0 saturated carbocycles. The van der Waals surface area contributed by atoms with Crippen LogP contribution in [0.15, 0.2) is 42.7 Å². The van der Waals surface area contributed by atoms with Crippen LogP contribution in [0, 0.1) is 5.92 Å². The van der Waals surface area contributed by atoms with Gasteiger partial charge in [-0.25, -0.2) is 4.98 Å². The van der Waals surface area contributed by atoms with E-state index in [-0.39, 0.29) is 0 Å². The van der Waals surface area contributed by atoms with Crippen LogP contribution in [0.1, 0.15) is 27.2 Å². The smallest absolute Gasteiger partial charge is 0.139 e. The molecular formula is C17H25N3. The molecule has 0 aliphatic carbocycles. The molecule has 2 aromatic rings. The summed E-state index contributed by atoms with van der Waals surface area (Å²) >= 11 is 0. The average Bonchev–Trinajstić information content (AvgIpc) is 2.92. The van der Waals surface area contributed by atoms with Gasteiger partial charge in [-0.3, -0.25) is 0 Å². The van der Waals surface area contributed by atoms with Gasteiger partial charge in [0.05, 0.1) is 0 Å². The molecule has 0 bridgehead atoms. The molecule has 0 amide bonds. The number of imidazole rings is 1. The number of hydrogen-bond acceptors (Lipinski definition) is 2. The molecule has 0 radical (unpaired) electrons. The van der Waals surface area contributed by atoms with E-state index in [4.69, 9.17) is 0 Å². The van der Waals surface area contributed by atoms with Crippen LogP contribution in [0.5, 0.6) is 0 Å². The van der Waals surface area contributed by atoms with Crippen molar-refractivity contribution >= 4 is 0 Å². The van der Waals surface area contributed by atoms with Crippen LogP contribution in [0.3, 0.4) is 0 Å². The Balaban J connectivity index is 2.15. The predicted octanol–water partition coefficient (Wildman–Crippen LogP) is 3.57. The minimum absolute atomic E-state index is 0.478. The van der Waals surface area contributed by atoms with Gasteiger partial charge in [-0.2, -0.15) is 0 Å². The monoisotopic (exact) mass is 271 g/mol. The first kappa shape index (κ1) is 14.8. The maximum atomic E-state index is 4.51. The van der Waals surface area contributed by atoms with E-state index in [2.05, 4.69) is 66.1 Å². The number of nitrogens with zero attached hydrogens (tertiary/aromatic N) is 2. The summed E-state index contributed by atoms with van der Waals surface area (Å²) in [4.78, 5) is 4.51. The van der Waals surface area contributed by atoms with Gasteiger partial charge in [0.2, 0.25) is 0 Å².